The van der Waals surface area contributed by atoms with Crippen LogP contribution in [0.3, 0.4) is 0 Å². The van der Waals surface area contributed by atoms with Gasteiger partial charge in [-0.2, -0.15) is 0 Å². The van der Waals surface area contributed by atoms with Gasteiger partial charge in [-0.3, -0.25) is 9.59 Å². The van der Waals surface area contributed by atoms with Gasteiger partial charge < -0.3 is 14.6 Å². The highest BCUT2D eigenvalue weighted by molar-refractivity contribution is 6.05. The molecule has 2 aromatic carbocycles. The summed E-state index contributed by atoms with van der Waals surface area (Å²) in [5.74, 6) is 0.864. The Labute approximate surface area is 149 Å². The SMILES string of the molecule is CC(=O)c1ccc(NC(=O)c2noc3c2COc2ccc(C)cc2-3)cc1. The van der Waals surface area contributed by atoms with E-state index in [4.69, 9.17) is 9.26 Å². The highest BCUT2D eigenvalue weighted by Crippen LogP contribution is 2.39. The smallest absolute Gasteiger partial charge is 0.278 e. The molecule has 6 nitrogen and oxygen atoms in total. The Morgan fingerprint density at radius 3 is 2.62 bits per heavy atom. The van der Waals surface area contributed by atoms with Gasteiger partial charge in [0, 0.05) is 11.3 Å². The van der Waals surface area contributed by atoms with Gasteiger partial charge in [-0.25, -0.2) is 0 Å². The molecule has 1 aliphatic rings. The van der Waals surface area contributed by atoms with E-state index in [1.54, 1.807) is 24.3 Å². The number of Topliss-reactive ketones (excluding diaryl/α,β-unsaturated/α-hetero) is 1. The Morgan fingerprint density at radius 1 is 1.12 bits per heavy atom. The van der Waals surface area contributed by atoms with E-state index in [1.165, 1.54) is 6.92 Å². The van der Waals surface area contributed by atoms with Gasteiger partial charge in [-0.05, 0) is 50.2 Å². The number of ketones is 1. The molecule has 6 heteroatoms. The van der Waals surface area contributed by atoms with E-state index < -0.39 is 0 Å². The summed E-state index contributed by atoms with van der Waals surface area (Å²) in [6.07, 6.45) is 0. The Balaban J connectivity index is 1.62. The minimum absolute atomic E-state index is 0.0282. The molecular formula is C20H16N2O4. The lowest BCUT2D eigenvalue weighted by Gasteiger charge is -2.16. The maximum atomic E-state index is 12.6. The van der Waals surface area contributed by atoms with E-state index >= 15 is 0 Å². The molecule has 0 unspecified atom stereocenters. The van der Waals surface area contributed by atoms with Crippen molar-refractivity contribution in [1.29, 1.82) is 0 Å². The third-order valence-corrected chi connectivity index (χ3v) is 4.30. The van der Waals surface area contributed by atoms with Crippen LogP contribution in [0.25, 0.3) is 11.3 Å². The van der Waals surface area contributed by atoms with Crippen LogP contribution in [-0.2, 0) is 6.61 Å². The number of aryl methyl sites for hydroxylation is 1. The van der Waals surface area contributed by atoms with Gasteiger partial charge in [0.25, 0.3) is 5.91 Å². The highest BCUT2D eigenvalue weighted by atomic mass is 16.5. The van der Waals surface area contributed by atoms with Gasteiger partial charge >= 0.3 is 0 Å². The number of rotatable bonds is 3. The van der Waals surface area contributed by atoms with Gasteiger partial charge in [0.05, 0.1) is 11.1 Å². The first-order valence-electron chi connectivity index (χ1n) is 8.17. The van der Waals surface area contributed by atoms with Crippen molar-refractivity contribution < 1.29 is 18.8 Å². The monoisotopic (exact) mass is 348 g/mol. The summed E-state index contributed by atoms with van der Waals surface area (Å²) in [5, 5.41) is 6.71. The second-order valence-corrected chi connectivity index (χ2v) is 6.21. The van der Waals surface area contributed by atoms with Crippen molar-refractivity contribution >= 4 is 17.4 Å². The van der Waals surface area contributed by atoms with Crippen molar-refractivity contribution in [3.63, 3.8) is 0 Å². The largest absolute Gasteiger partial charge is 0.488 e. The van der Waals surface area contributed by atoms with Crippen LogP contribution in [0, 0.1) is 6.92 Å². The molecule has 0 atom stereocenters. The van der Waals surface area contributed by atoms with Gasteiger partial charge in [0.15, 0.2) is 17.2 Å². The van der Waals surface area contributed by atoms with Crippen LogP contribution in [0.4, 0.5) is 5.69 Å². The number of ether oxygens (including phenoxy) is 1. The first-order valence-corrected chi connectivity index (χ1v) is 8.17. The Kier molecular flexibility index (Phi) is 3.80. The minimum atomic E-state index is -0.384. The van der Waals surface area contributed by atoms with Crippen LogP contribution < -0.4 is 10.1 Å². The van der Waals surface area contributed by atoms with Crippen molar-refractivity contribution in [2.24, 2.45) is 0 Å². The second kappa shape index (κ2) is 6.15. The Bertz CT molecular complexity index is 1020. The van der Waals surface area contributed by atoms with E-state index in [9.17, 15) is 9.59 Å². The summed E-state index contributed by atoms with van der Waals surface area (Å²) in [7, 11) is 0. The molecule has 2 heterocycles. The number of benzene rings is 2. The molecule has 0 bridgehead atoms. The number of nitrogens with one attached hydrogen (secondary N) is 1. The van der Waals surface area contributed by atoms with Crippen molar-refractivity contribution in [2.75, 3.05) is 5.32 Å². The lowest BCUT2D eigenvalue weighted by molar-refractivity contribution is 0.101. The fourth-order valence-electron chi connectivity index (χ4n) is 2.91. The van der Waals surface area contributed by atoms with Crippen molar-refractivity contribution in [3.8, 4) is 17.1 Å². The fourth-order valence-corrected chi connectivity index (χ4v) is 2.91. The Morgan fingerprint density at radius 2 is 1.88 bits per heavy atom. The molecule has 0 saturated heterocycles. The first kappa shape index (κ1) is 16.1. The molecule has 1 aliphatic heterocycles. The van der Waals surface area contributed by atoms with Gasteiger partial charge in [0.2, 0.25) is 0 Å². The number of aromatic nitrogens is 1. The van der Waals surface area contributed by atoms with Crippen molar-refractivity contribution in [1.82, 2.24) is 5.16 Å². The number of amides is 1. The van der Waals surface area contributed by atoms with Crippen LogP contribution >= 0.6 is 0 Å². The summed E-state index contributed by atoms with van der Waals surface area (Å²) >= 11 is 0. The number of anilines is 1. The third kappa shape index (κ3) is 2.75. The third-order valence-electron chi connectivity index (χ3n) is 4.30. The lowest BCUT2D eigenvalue weighted by Crippen LogP contribution is -2.16. The van der Waals surface area contributed by atoms with Crippen molar-refractivity contribution in [2.45, 2.75) is 20.5 Å². The molecule has 0 aliphatic carbocycles. The number of hydrogen-bond acceptors (Lipinski definition) is 5. The molecule has 130 valence electrons. The second-order valence-electron chi connectivity index (χ2n) is 6.21. The molecule has 1 aromatic heterocycles. The zero-order chi connectivity index (χ0) is 18.3. The molecule has 26 heavy (non-hydrogen) atoms. The Hall–Kier alpha value is -3.41. The molecular weight excluding hydrogens is 332 g/mol. The van der Waals surface area contributed by atoms with E-state index in [1.807, 2.05) is 25.1 Å². The molecule has 0 spiro atoms. The fraction of sp³-hybridized carbons (Fsp3) is 0.150. The molecule has 0 saturated carbocycles. The molecule has 3 aromatic rings. The molecule has 1 N–H and O–H groups in total. The number of carbonyl (C=O) groups excluding carboxylic acids is 2. The van der Waals surface area contributed by atoms with Crippen LogP contribution in [0.2, 0.25) is 0 Å². The van der Waals surface area contributed by atoms with Crippen LogP contribution in [0.15, 0.2) is 47.0 Å². The highest BCUT2D eigenvalue weighted by Gasteiger charge is 2.29. The maximum Gasteiger partial charge on any atom is 0.278 e. The van der Waals surface area contributed by atoms with Crippen LogP contribution in [-0.4, -0.2) is 16.8 Å². The molecule has 0 radical (unpaired) electrons. The van der Waals surface area contributed by atoms with Gasteiger partial charge in [0.1, 0.15) is 12.4 Å². The van der Waals surface area contributed by atoms with E-state index in [-0.39, 0.29) is 24.0 Å². The predicted octanol–water partition coefficient (Wildman–Crippen LogP) is 4.00. The summed E-state index contributed by atoms with van der Waals surface area (Å²) in [5.41, 5.74) is 3.84. The maximum absolute atomic E-state index is 12.6. The van der Waals surface area contributed by atoms with Crippen LogP contribution in [0.1, 0.15) is 38.9 Å². The predicted molar refractivity (Wildman–Crippen MR) is 95.4 cm³/mol. The van der Waals surface area contributed by atoms with Gasteiger partial charge in [-0.15, -0.1) is 0 Å². The zero-order valence-electron chi connectivity index (χ0n) is 14.3. The minimum Gasteiger partial charge on any atom is -0.488 e. The van der Waals surface area contributed by atoms with Crippen LogP contribution in [0.5, 0.6) is 5.75 Å². The standard InChI is InChI=1S/C20H16N2O4/c1-11-3-8-17-15(9-11)19-16(10-25-17)18(22-26-19)20(24)21-14-6-4-13(5-7-14)12(2)23/h3-9H,10H2,1-2H3,(H,21,24). The van der Waals surface area contributed by atoms with E-state index in [2.05, 4.69) is 10.5 Å². The molecule has 1 amide bonds. The summed E-state index contributed by atoms with van der Waals surface area (Å²) < 4.78 is 11.2. The van der Waals surface area contributed by atoms with Gasteiger partial charge in [-0.1, -0.05) is 16.8 Å². The zero-order valence-corrected chi connectivity index (χ0v) is 14.3. The average Bonchev–Trinajstić information content (AvgIpc) is 3.07. The van der Waals surface area contributed by atoms with E-state index in [0.717, 1.165) is 11.1 Å². The topological polar surface area (TPSA) is 81.4 Å². The van der Waals surface area contributed by atoms with E-state index in [0.29, 0.717) is 28.3 Å². The quantitative estimate of drug-likeness (QED) is 0.724. The molecule has 0 fully saturated rings. The summed E-state index contributed by atoms with van der Waals surface area (Å²) in [6.45, 7) is 3.69. The number of carbonyl (C=O) groups is 2. The van der Waals surface area contributed by atoms with Crippen molar-refractivity contribution in [3.05, 3.63) is 64.8 Å². The average molecular weight is 348 g/mol. The normalized spacial score (nSPS) is 11.9. The molecule has 4 rings (SSSR count). The first-order chi connectivity index (χ1) is 12.5. The lowest BCUT2D eigenvalue weighted by atomic mass is 10.0. The number of nitrogens with zero attached hydrogens (tertiary/aromatic N) is 1. The number of fused-ring (bicyclic) bond motifs is 3. The number of hydrogen-bond donors (Lipinski definition) is 1. The summed E-state index contributed by atoms with van der Waals surface area (Å²) in [4.78, 5) is 23.9. The summed E-state index contributed by atoms with van der Waals surface area (Å²) in [6, 6.07) is 12.5.